The van der Waals surface area contributed by atoms with Crippen molar-refractivity contribution in [2.45, 2.75) is 12.8 Å². The molecule has 1 aromatic heterocycles. The second-order valence-electron chi connectivity index (χ2n) is 3.90. The Bertz CT molecular complexity index is 505. The summed E-state index contributed by atoms with van der Waals surface area (Å²) in [5.74, 6) is -0.440. The van der Waals surface area contributed by atoms with E-state index in [1.54, 1.807) is 0 Å². The lowest BCUT2D eigenvalue weighted by Crippen LogP contribution is -2.07. The van der Waals surface area contributed by atoms with E-state index in [1.165, 1.54) is 6.20 Å². The summed E-state index contributed by atoms with van der Waals surface area (Å²) >= 11 is 1.12. The lowest BCUT2D eigenvalue weighted by Gasteiger charge is -2.02. The van der Waals surface area contributed by atoms with E-state index in [1.807, 2.05) is 0 Å². The maximum atomic E-state index is 11.2. The third-order valence-corrected chi connectivity index (χ3v) is 5.40. The van der Waals surface area contributed by atoms with Crippen LogP contribution in [0, 0.1) is 5.92 Å². The van der Waals surface area contributed by atoms with Crippen molar-refractivity contribution >= 4 is 27.1 Å². The van der Waals surface area contributed by atoms with E-state index < -0.39 is 15.8 Å². The first kappa shape index (κ1) is 11.5. The smallest absolute Gasteiger partial charge is 0.347 e. The van der Waals surface area contributed by atoms with Gasteiger partial charge in [-0.15, -0.1) is 11.3 Å². The molecular formula is C9H11NO4S2. The van der Waals surface area contributed by atoms with E-state index >= 15 is 0 Å². The Kier molecular flexibility index (Phi) is 2.98. The van der Waals surface area contributed by atoms with Crippen molar-refractivity contribution in [1.82, 2.24) is 4.98 Å². The number of hydrogen-bond donors (Lipinski definition) is 1. The summed E-state index contributed by atoms with van der Waals surface area (Å²) in [5, 5.41) is 9.42. The molecule has 0 bridgehead atoms. The molecule has 1 N–H and O–H groups in total. The van der Waals surface area contributed by atoms with Gasteiger partial charge in [-0.25, -0.2) is 18.2 Å². The third kappa shape index (κ3) is 2.59. The van der Waals surface area contributed by atoms with Crippen LogP contribution in [0.4, 0.5) is 0 Å². The molecule has 1 aliphatic rings. The van der Waals surface area contributed by atoms with Gasteiger partial charge in [-0.3, -0.25) is 0 Å². The highest BCUT2D eigenvalue weighted by atomic mass is 32.2. The number of thiazole rings is 1. The first-order valence-corrected chi connectivity index (χ1v) is 7.48. The predicted octanol–water partition coefficient (Wildman–Crippen LogP) is 0.818. The molecule has 0 saturated carbocycles. The Morgan fingerprint density at radius 3 is 2.88 bits per heavy atom. The SMILES string of the molecule is O=C(O)c1cnc(CC2CCS(=O)(=O)C2)s1. The Labute approximate surface area is 97.1 Å². The van der Waals surface area contributed by atoms with Gasteiger partial charge in [0.15, 0.2) is 9.84 Å². The van der Waals surface area contributed by atoms with Crippen LogP contribution < -0.4 is 0 Å². The predicted molar refractivity (Wildman–Crippen MR) is 59.5 cm³/mol. The monoisotopic (exact) mass is 261 g/mol. The Morgan fingerprint density at radius 2 is 2.38 bits per heavy atom. The molecule has 88 valence electrons. The molecule has 0 aliphatic carbocycles. The second-order valence-corrected chi connectivity index (χ2v) is 7.24. The molecule has 1 aromatic rings. The molecule has 0 spiro atoms. The van der Waals surface area contributed by atoms with Gasteiger partial charge in [-0.05, 0) is 12.3 Å². The summed E-state index contributed by atoms with van der Waals surface area (Å²) in [6.07, 6.45) is 2.55. The highest BCUT2D eigenvalue weighted by Crippen LogP contribution is 2.24. The van der Waals surface area contributed by atoms with Crippen molar-refractivity contribution in [3.8, 4) is 0 Å². The maximum Gasteiger partial charge on any atom is 0.347 e. The molecule has 5 nitrogen and oxygen atoms in total. The van der Waals surface area contributed by atoms with E-state index in [2.05, 4.69) is 4.98 Å². The number of rotatable bonds is 3. The molecule has 2 rings (SSSR count). The number of aromatic nitrogens is 1. The highest BCUT2D eigenvalue weighted by Gasteiger charge is 2.28. The van der Waals surface area contributed by atoms with Crippen molar-refractivity contribution in [2.75, 3.05) is 11.5 Å². The fraction of sp³-hybridized carbons (Fsp3) is 0.556. The van der Waals surface area contributed by atoms with Crippen molar-refractivity contribution in [3.63, 3.8) is 0 Å². The fourth-order valence-corrected chi connectivity index (χ4v) is 4.52. The summed E-state index contributed by atoms with van der Waals surface area (Å²) in [7, 11) is -2.86. The average molecular weight is 261 g/mol. The molecule has 1 unspecified atom stereocenters. The number of carbonyl (C=O) groups is 1. The third-order valence-electron chi connectivity index (χ3n) is 2.55. The van der Waals surface area contributed by atoms with Crippen LogP contribution in [0.1, 0.15) is 21.1 Å². The fourth-order valence-electron chi connectivity index (χ4n) is 1.78. The normalized spacial score (nSPS) is 23.4. The van der Waals surface area contributed by atoms with Gasteiger partial charge in [-0.1, -0.05) is 0 Å². The Hall–Kier alpha value is -0.950. The summed E-state index contributed by atoms with van der Waals surface area (Å²) < 4.78 is 22.5. The van der Waals surface area contributed by atoms with Crippen LogP contribution in [0.25, 0.3) is 0 Å². The molecule has 7 heteroatoms. The molecular weight excluding hydrogens is 250 g/mol. The number of hydrogen-bond acceptors (Lipinski definition) is 5. The maximum absolute atomic E-state index is 11.2. The quantitative estimate of drug-likeness (QED) is 0.870. The molecule has 2 heterocycles. The highest BCUT2D eigenvalue weighted by molar-refractivity contribution is 7.91. The van der Waals surface area contributed by atoms with E-state index in [9.17, 15) is 13.2 Å². The molecule has 1 saturated heterocycles. The number of carboxylic acid groups (broad SMARTS) is 1. The van der Waals surface area contributed by atoms with Crippen LogP contribution in [-0.2, 0) is 16.3 Å². The van der Waals surface area contributed by atoms with Crippen molar-refractivity contribution < 1.29 is 18.3 Å². The minimum absolute atomic E-state index is 0.0952. The number of carboxylic acids is 1. The van der Waals surface area contributed by atoms with Gasteiger partial charge in [0.25, 0.3) is 0 Å². The van der Waals surface area contributed by atoms with Crippen LogP contribution in [0.2, 0.25) is 0 Å². The number of sulfone groups is 1. The lowest BCUT2D eigenvalue weighted by atomic mass is 10.1. The van der Waals surface area contributed by atoms with E-state index in [0.717, 1.165) is 11.3 Å². The molecule has 1 atom stereocenters. The number of nitrogens with zero attached hydrogens (tertiary/aromatic N) is 1. The van der Waals surface area contributed by atoms with Gasteiger partial charge in [0, 0.05) is 6.42 Å². The molecule has 16 heavy (non-hydrogen) atoms. The average Bonchev–Trinajstić information content (AvgIpc) is 2.73. The van der Waals surface area contributed by atoms with Crippen molar-refractivity contribution in [1.29, 1.82) is 0 Å². The Balaban J connectivity index is 2.02. The van der Waals surface area contributed by atoms with Gasteiger partial charge in [0.1, 0.15) is 4.88 Å². The van der Waals surface area contributed by atoms with Gasteiger partial charge < -0.3 is 5.11 Å². The van der Waals surface area contributed by atoms with Gasteiger partial charge in [0.05, 0.1) is 22.7 Å². The molecule has 1 fully saturated rings. The van der Waals surface area contributed by atoms with Gasteiger partial charge in [-0.2, -0.15) is 0 Å². The largest absolute Gasteiger partial charge is 0.477 e. The van der Waals surface area contributed by atoms with Crippen LogP contribution in [0.3, 0.4) is 0 Å². The standard InChI is InChI=1S/C9H11NO4S2/c11-9(12)7-4-10-8(15-7)3-6-1-2-16(13,14)5-6/h4,6H,1-3,5H2,(H,11,12). The van der Waals surface area contributed by atoms with E-state index in [0.29, 0.717) is 17.8 Å². The zero-order valence-electron chi connectivity index (χ0n) is 8.42. The summed E-state index contributed by atoms with van der Waals surface area (Å²) in [4.78, 5) is 14.8. The van der Waals surface area contributed by atoms with Crippen LogP contribution in [0.5, 0.6) is 0 Å². The molecule has 0 aromatic carbocycles. The molecule has 1 aliphatic heterocycles. The first-order valence-electron chi connectivity index (χ1n) is 4.85. The summed E-state index contributed by atoms with van der Waals surface area (Å²) in [6.45, 7) is 0. The first-order chi connectivity index (χ1) is 7.46. The van der Waals surface area contributed by atoms with Crippen molar-refractivity contribution in [2.24, 2.45) is 5.92 Å². The second kappa shape index (κ2) is 4.14. The summed E-state index contributed by atoms with van der Waals surface area (Å²) in [6, 6.07) is 0. The topological polar surface area (TPSA) is 84.3 Å². The molecule has 0 radical (unpaired) electrons. The minimum atomic E-state index is -2.86. The van der Waals surface area contributed by atoms with Crippen molar-refractivity contribution in [3.05, 3.63) is 16.1 Å². The van der Waals surface area contributed by atoms with E-state index in [-0.39, 0.29) is 22.3 Å². The number of aromatic carboxylic acids is 1. The minimum Gasteiger partial charge on any atom is -0.477 e. The van der Waals surface area contributed by atoms with Crippen LogP contribution in [0.15, 0.2) is 6.20 Å². The summed E-state index contributed by atoms with van der Waals surface area (Å²) in [5.41, 5.74) is 0. The van der Waals surface area contributed by atoms with Gasteiger partial charge in [0.2, 0.25) is 0 Å². The van der Waals surface area contributed by atoms with Crippen LogP contribution >= 0.6 is 11.3 Å². The Morgan fingerprint density at radius 1 is 1.62 bits per heavy atom. The zero-order valence-corrected chi connectivity index (χ0v) is 10.1. The van der Waals surface area contributed by atoms with Gasteiger partial charge >= 0.3 is 5.97 Å². The molecule has 0 amide bonds. The lowest BCUT2D eigenvalue weighted by molar-refractivity contribution is 0.0702. The zero-order chi connectivity index (χ0) is 11.8. The van der Waals surface area contributed by atoms with Crippen LogP contribution in [-0.4, -0.2) is 36.0 Å². The van der Waals surface area contributed by atoms with E-state index in [4.69, 9.17) is 5.11 Å².